The van der Waals surface area contributed by atoms with Gasteiger partial charge in [-0.3, -0.25) is 4.79 Å². The molecule has 1 aliphatic rings. The molecule has 0 radical (unpaired) electrons. The minimum absolute atomic E-state index is 0.111. The number of aromatic hydroxyl groups is 1. The zero-order valence-electron chi connectivity index (χ0n) is 11.3. The van der Waals surface area contributed by atoms with Crippen molar-refractivity contribution in [1.82, 2.24) is 0 Å². The molecule has 106 valence electrons. The summed E-state index contributed by atoms with van der Waals surface area (Å²) in [6.45, 7) is 1.02. The van der Waals surface area contributed by atoms with E-state index in [0.29, 0.717) is 30.3 Å². The highest BCUT2D eigenvalue weighted by atomic mass is 16.6. The van der Waals surface area contributed by atoms with Gasteiger partial charge in [0.25, 0.3) is 0 Å². The van der Waals surface area contributed by atoms with Crippen LogP contribution in [0.2, 0.25) is 0 Å². The van der Waals surface area contributed by atoms with E-state index in [1.807, 2.05) is 0 Å². The number of benzene rings is 2. The number of phenolic OH excluding ortho intramolecular Hbond substituents is 1. The van der Waals surface area contributed by atoms with Crippen molar-refractivity contribution in [3.05, 3.63) is 59.7 Å². The van der Waals surface area contributed by atoms with Gasteiger partial charge in [0.05, 0.1) is 0 Å². The Kier molecular flexibility index (Phi) is 3.60. The van der Waals surface area contributed by atoms with E-state index in [9.17, 15) is 9.90 Å². The number of phenols is 1. The topological polar surface area (TPSA) is 55.8 Å². The molecule has 0 fully saturated rings. The molecule has 1 N–H and O–H groups in total. The fourth-order valence-electron chi connectivity index (χ4n) is 2.05. The van der Waals surface area contributed by atoms with E-state index in [-0.39, 0.29) is 11.5 Å². The molecule has 0 saturated heterocycles. The number of hydrogen-bond donors (Lipinski definition) is 1. The Morgan fingerprint density at radius 1 is 1.00 bits per heavy atom. The molecule has 1 aliphatic heterocycles. The maximum absolute atomic E-state index is 12.1. The molecule has 3 rings (SSSR count). The van der Waals surface area contributed by atoms with Gasteiger partial charge in [0, 0.05) is 5.56 Å². The van der Waals surface area contributed by atoms with Gasteiger partial charge in [-0.1, -0.05) is 18.2 Å². The van der Waals surface area contributed by atoms with Crippen LogP contribution in [0.15, 0.2) is 48.5 Å². The molecular weight excluding hydrogens is 268 g/mol. The highest BCUT2D eigenvalue weighted by Gasteiger charge is 2.13. The molecule has 0 bridgehead atoms. The fraction of sp³-hybridized carbons (Fsp3) is 0.118. The Morgan fingerprint density at radius 3 is 2.48 bits per heavy atom. The van der Waals surface area contributed by atoms with E-state index in [4.69, 9.17) is 9.47 Å². The molecule has 1 heterocycles. The minimum Gasteiger partial charge on any atom is -0.508 e. The lowest BCUT2D eigenvalue weighted by molar-refractivity contribution is 0.104. The molecule has 0 atom stereocenters. The highest BCUT2D eigenvalue weighted by Crippen LogP contribution is 2.30. The summed E-state index contributed by atoms with van der Waals surface area (Å²) < 4.78 is 10.9. The van der Waals surface area contributed by atoms with Crippen LogP contribution in [0.5, 0.6) is 17.2 Å². The lowest BCUT2D eigenvalue weighted by Crippen LogP contribution is -2.15. The first-order valence-corrected chi connectivity index (χ1v) is 6.63. The predicted octanol–water partition coefficient (Wildman–Crippen LogP) is 3.06. The molecule has 0 aromatic heterocycles. The minimum atomic E-state index is -0.111. The van der Waals surface area contributed by atoms with Gasteiger partial charge in [-0.05, 0) is 42.0 Å². The first-order valence-electron chi connectivity index (χ1n) is 6.63. The summed E-state index contributed by atoms with van der Waals surface area (Å²) in [5.74, 6) is 1.36. The van der Waals surface area contributed by atoms with Gasteiger partial charge in [-0.15, -0.1) is 0 Å². The normalized spacial score (nSPS) is 13.3. The monoisotopic (exact) mass is 282 g/mol. The lowest BCUT2D eigenvalue weighted by atomic mass is 10.1. The number of ketones is 1. The van der Waals surface area contributed by atoms with Gasteiger partial charge in [-0.2, -0.15) is 0 Å². The highest BCUT2D eigenvalue weighted by molar-refractivity contribution is 6.07. The van der Waals surface area contributed by atoms with Crippen molar-refractivity contribution in [3.8, 4) is 17.2 Å². The third kappa shape index (κ3) is 3.05. The molecular formula is C17H14O4. The van der Waals surface area contributed by atoms with Crippen molar-refractivity contribution in [1.29, 1.82) is 0 Å². The van der Waals surface area contributed by atoms with E-state index >= 15 is 0 Å². The van der Waals surface area contributed by atoms with Gasteiger partial charge >= 0.3 is 0 Å². The number of rotatable bonds is 3. The molecule has 0 aliphatic carbocycles. The smallest absolute Gasteiger partial charge is 0.185 e. The van der Waals surface area contributed by atoms with Crippen LogP contribution < -0.4 is 9.47 Å². The standard InChI is InChI=1S/C17H14O4/c18-14-5-1-12(2-6-14)3-7-15(19)13-4-8-16-17(11-13)21-10-9-20-16/h1-8,11,18H,9-10H2. The summed E-state index contributed by atoms with van der Waals surface area (Å²) in [4.78, 5) is 12.1. The Morgan fingerprint density at radius 2 is 1.71 bits per heavy atom. The summed E-state index contributed by atoms with van der Waals surface area (Å²) in [5.41, 5.74) is 1.40. The predicted molar refractivity (Wildman–Crippen MR) is 78.9 cm³/mol. The van der Waals surface area contributed by atoms with Crippen molar-refractivity contribution in [2.24, 2.45) is 0 Å². The Labute approximate surface area is 122 Å². The van der Waals surface area contributed by atoms with E-state index in [2.05, 4.69) is 0 Å². The summed E-state index contributed by atoms with van der Waals surface area (Å²) in [6.07, 6.45) is 3.20. The van der Waals surface area contributed by atoms with Crippen LogP contribution in [0.3, 0.4) is 0 Å². The van der Waals surface area contributed by atoms with Crippen LogP contribution in [0.1, 0.15) is 15.9 Å². The first-order chi connectivity index (χ1) is 10.2. The van der Waals surface area contributed by atoms with Gasteiger partial charge in [-0.25, -0.2) is 0 Å². The molecule has 4 nitrogen and oxygen atoms in total. The quantitative estimate of drug-likeness (QED) is 0.694. The molecule has 2 aromatic carbocycles. The van der Waals surface area contributed by atoms with Gasteiger partial charge < -0.3 is 14.6 Å². The second-order valence-electron chi connectivity index (χ2n) is 4.65. The lowest BCUT2D eigenvalue weighted by Gasteiger charge is -2.18. The van der Waals surface area contributed by atoms with Gasteiger partial charge in [0.2, 0.25) is 0 Å². The van der Waals surface area contributed by atoms with Crippen molar-refractivity contribution < 1.29 is 19.4 Å². The zero-order valence-corrected chi connectivity index (χ0v) is 11.3. The third-order valence-electron chi connectivity index (χ3n) is 3.15. The van der Waals surface area contributed by atoms with Crippen molar-refractivity contribution >= 4 is 11.9 Å². The number of fused-ring (bicyclic) bond motifs is 1. The third-order valence-corrected chi connectivity index (χ3v) is 3.15. The van der Waals surface area contributed by atoms with Crippen LogP contribution >= 0.6 is 0 Å². The molecule has 0 saturated carbocycles. The maximum atomic E-state index is 12.1. The van der Waals surface area contributed by atoms with E-state index in [1.165, 1.54) is 6.08 Å². The first kappa shape index (κ1) is 13.2. The van der Waals surface area contributed by atoms with Crippen molar-refractivity contribution in [3.63, 3.8) is 0 Å². The number of carbonyl (C=O) groups excluding carboxylic acids is 1. The SMILES string of the molecule is O=C(C=Cc1ccc(O)cc1)c1ccc2c(c1)OCCO2. The summed E-state index contributed by atoms with van der Waals surface area (Å²) in [7, 11) is 0. The van der Waals surface area contributed by atoms with Crippen molar-refractivity contribution in [2.75, 3.05) is 13.2 Å². The maximum Gasteiger partial charge on any atom is 0.185 e. The van der Waals surface area contributed by atoms with Crippen LogP contribution in [-0.2, 0) is 0 Å². The van der Waals surface area contributed by atoms with E-state index < -0.39 is 0 Å². The molecule has 0 amide bonds. The average Bonchev–Trinajstić information content (AvgIpc) is 2.53. The van der Waals surface area contributed by atoms with Gasteiger partial charge in [0.15, 0.2) is 17.3 Å². The zero-order chi connectivity index (χ0) is 14.7. The largest absolute Gasteiger partial charge is 0.508 e. The number of carbonyl (C=O) groups is 1. The molecule has 4 heteroatoms. The van der Waals surface area contributed by atoms with Crippen LogP contribution in [-0.4, -0.2) is 24.1 Å². The van der Waals surface area contributed by atoms with E-state index in [0.717, 1.165) is 5.56 Å². The summed E-state index contributed by atoms with van der Waals surface area (Å²) >= 11 is 0. The average molecular weight is 282 g/mol. The summed E-state index contributed by atoms with van der Waals surface area (Å²) in [5, 5.41) is 9.21. The summed E-state index contributed by atoms with van der Waals surface area (Å²) in [6, 6.07) is 11.8. The van der Waals surface area contributed by atoms with Crippen LogP contribution in [0.4, 0.5) is 0 Å². The molecule has 0 unspecified atom stereocenters. The van der Waals surface area contributed by atoms with Crippen molar-refractivity contribution in [2.45, 2.75) is 0 Å². The van der Waals surface area contributed by atoms with Gasteiger partial charge in [0.1, 0.15) is 19.0 Å². The Hall–Kier alpha value is -2.75. The fourth-order valence-corrected chi connectivity index (χ4v) is 2.05. The Balaban J connectivity index is 1.77. The Bertz CT molecular complexity index is 686. The number of allylic oxidation sites excluding steroid dienone is 1. The number of ether oxygens (including phenoxy) is 2. The van der Waals surface area contributed by atoms with E-state index in [1.54, 1.807) is 48.5 Å². The van der Waals surface area contributed by atoms with Crippen LogP contribution in [0, 0.1) is 0 Å². The number of hydrogen-bond acceptors (Lipinski definition) is 4. The second-order valence-corrected chi connectivity index (χ2v) is 4.65. The molecule has 2 aromatic rings. The molecule has 0 spiro atoms. The molecule has 21 heavy (non-hydrogen) atoms. The van der Waals surface area contributed by atoms with Crippen LogP contribution in [0.25, 0.3) is 6.08 Å². The second kappa shape index (κ2) is 5.71.